The fraction of sp³-hybridized carbons (Fsp3) is 0.556. The number of benzene rings is 2. The molecule has 2 aromatic rings. The Labute approximate surface area is 208 Å². The van der Waals surface area contributed by atoms with Gasteiger partial charge in [-0.3, -0.25) is 4.18 Å². The third-order valence-electron chi connectivity index (χ3n) is 7.45. The van der Waals surface area contributed by atoms with E-state index in [4.69, 9.17) is 8.92 Å². The minimum atomic E-state index is -4.09. The molecule has 0 aromatic heterocycles. The van der Waals surface area contributed by atoms with Gasteiger partial charge in [-0.15, -0.1) is 11.8 Å². The van der Waals surface area contributed by atoms with Crippen LogP contribution >= 0.6 is 11.8 Å². The van der Waals surface area contributed by atoms with Gasteiger partial charge in [0.2, 0.25) is 0 Å². The summed E-state index contributed by atoms with van der Waals surface area (Å²) in [5.74, 6) is 0.943. The van der Waals surface area contributed by atoms with Crippen molar-refractivity contribution in [2.24, 2.45) is 11.8 Å². The lowest BCUT2D eigenvalue weighted by Gasteiger charge is -2.54. The fourth-order valence-electron chi connectivity index (χ4n) is 5.31. The summed E-state index contributed by atoms with van der Waals surface area (Å²) in [6.07, 6.45) is 2.15. The molecule has 1 aliphatic heterocycles. The zero-order valence-electron chi connectivity index (χ0n) is 20.6. The van der Waals surface area contributed by atoms with E-state index in [0.717, 1.165) is 18.4 Å². The van der Waals surface area contributed by atoms with Crippen LogP contribution in [-0.4, -0.2) is 35.9 Å². The van der Waals surface area contributed by atoms with Gasteiger partial charge in [0.1, 0.15) is 11.5 Å². The third kappa shape index (κ3) is 4.96. The zero-order chi connectivity index (χ0) is 24.7. The van der Waals surface area contributed by atoms with Gasteiger partial charge in [0, 0.05) is 4.75 Å². The number of thioether (sulfide) groups is 1. The molecule has 2 aliphatic rings. The van der Waals surface area contributed by atoms with Crippen LogP contribution in [0.3, 0.4) is 0 Å². The van der Waals surface area contributed by atoms with Crippen molar-refractivity contribution in [2.45, 2.75) is 86.8 Å². The van der Waals surface area contributed by atoms with E-state index in [1.54, 1.807) is 30.8 Å². The summed E-state index contributed by atoms with van der Waals surface area (Å²) >= 11 is 1.58. The van der Waals surface area contributed by atoms with Crippen LogP contribution < -0.4 is 0 Å². The lowest BCUT2D eigenvalue weighted by molar-refractivity contribution is -0.167. The Hall–Kier alpha value is -1.38. The maximum absolute atomic E-state index is 13.1. The molecule has 1 saturated carbocycles. The third-order valence-corrected chi connectivity index (χ3v) is 10.4. The van der Waals surface area contributed by atoms with E-state index in [-0.39, 0.29) is 15.7 Å². The minimum Gasteiger partial charge on any atom is -0.379 e. The van der Waals surface area contributed by atoms with Gasteiger partial charge < -0.3 is 9.84 Å². The van der Waals surface area contributed by atoms with Crippen molar-refractivity contribution in [3.8, 4) is 0 Å². The molecule has 2 aromatic carbocycles. The van der Waals surface area contributed by atoms with Crippen LogP contribution in [0.2, 0.25) is 0 Å². The highest BCUT2D eigenvalue weighted by Gasteiger charge is 2.55. The topological polar surface area (TPSA) is 72.8 Å². The average Bonchev–Trinajstić information content (AvgIpc) is 2.78. The molecule has 6 atom stereocenters. The van der Waals surface area contributed by atoms with E-state index in [1.165, 1.54) is 18.6 Å². The van der Waals surface area contributed by atoms with Crippen molar-refractivity contribution in [3.05, 3.63) is 65.7 Å². The van der Waals surface area contributed by atoms with Gasteiger partial charge in [-0.2, -0.15) is 8.42 Å². The van der Waals surface area contributed by atoms with Crippen LogP contribution in [0.5, 0.6) is 0 Å². The highest BCUT2D eigenvalue weighted by Crippen LogP contribution is 2.54. The van der Waals surface area contributed by atoms with Crippen LogP contribution in [0.15, 0.2) is 59.5 Å². The van der Waals surface area contributed by atoms with Gasteiger partial charge in [-0.05, 0) is 56.2 Å². The maximum Gasteiger partial charge on any atom is 0.297 e. The fourth-order valence-corrected chi connectivity index (χ4v) is 8.12. The number of hydrogen-bond acceptors (Lipinski definition) is 6. The Balaban J connectivity index is 1.70. The Bertz CT molecular complexity index is 1080. The van der Waals surface area contributed by atoms with Crippen molar-refractivity contribution in [1.29, 1.82) is 0 Å². The summed E-state index contributed by atoms with van der Waals surface area (Å²) in [6.45, 7) is 10.2. The molecular formula is C27H36O5S2. The lowest BCUT2D eigenvalue weighted by Crippen LogP contribution is -2.58. The molecule has 1 heterocycles. The highest BCUT2D eigenvalue weighted by molar-refractivity contribution is 8.01. The average molecular weight is 505 g/mol. The standard InChI is InChI=1S/C27H36O5S2/c1-18-11-14-22(15-12-18)34(29,30)32-20(3)27(28,21-9-7-6-8-10-21)25-31-24-17-19(2)13-16-23(24)26(4,5)33-25/h6-12,14-15,19-20,23-25,28H,13,16-17H2,1-5H3/t19-,20-,23-,24-,25-,27-/m1/s1. The van der Waals surface area contributed by atoms with Crippen molar-refractivity contribution in [3.63, 3.8) is 0 Å². The second-order valence-electron chi connectivity index (χ2n) is 10.4. The highest BCUT2D eigenvalue weighted by atomic mass is 32.2. The quantitative estimate of drug-likeness (QED) is 0.513. The van der Waals surface area contributed by atoms with E-state index in [0.29, 0.717) is 17.4 Å². The number of aliphatic hydroxyl groups is 1. The summed E-state index contributed by atoms with van der Waals surface area (Å²) in [5, 5.41) is 12.3. The summed E-state index contributed by atoms with van der Waals surface area (Å²) in [6, 6.07) is 15.7. The predicted molar refractivity (Wildman–Crippen MR) is 136 cm³/mol. The van der Waals surface area contributed by atoms with E-state index in [9.17, 15) is 13.5 Å². The molecule has 7 heteroatoms. The maximum atomic E-state index is 13.1. The Morgan fingerprint density at radius 2 is 1.76 bits per heavy atom. The second-order valence-corrected chi connectivity index (χ2v) is 13.7. The molecule has 5 nitrogen and oxygen atoms in total. The summed E-state index contributed by atoms with van der Waals surface area (Å²) in [5.41, 5.74) is -0.817. The molecule has 1 saturated heterocycles. The first-order valence-electron chi connectivity index (χ1n) is 12.0. The number of rotatable bonds is 6. The zero-order valence-corrected chi connectivity index (χ0v) is 22.2. The first-order chi connectivity index (χ1) is 15.9. The number of hydrogen-bond donors (Lipinski definition) is 1. The Morgan fingerprint density at radius 3 is 2.41 bits per heavy atom. The molecule has 186 valence electrons. The van der Waals surface area contributed by atoms with Crippen molar-refractivity contribution < 1.29 is 22.4 Å². The predicted octanol–water partition coefficient (Wildman–Crippen LogP) is 5.65. The van der Waals surface area contributed by atoms with Gasteiger partial charge in [-0.1, -0.05) is 75.2 Å². The smallest absolute Gasteiger partial charge is 0.297 e. The molecule has 4 rings (SSSR count). The minimum absolute atomic E-state index is 0.0149. The molecule has 1 N–H and O–H groups in total. The van der Waals surface area contributed by atoms with E-state index in [2.05, 4.69) is 20.8 Å². The van der Waals surface area contributed by atoms with Crippen LogP contribution in [-0.2, 0) is 24.6 Å². The van der Waals surface area contributed by atoms with Gasteiger partial charge in [0.15, 0.2) is 5.60 Å². The SMILES string of the molecule is Cc1ccc(S(=O)(=O)O[C@H](C)[C@@](O)(c2ccccc2)[C@@H]2O[C@@H]3C[C@H](C)CC[C@H]3C(C)(C)S2)cc1. The first-order valence-corrected chi connectivity index (χ1v) is 14.3. The monoisotopic (exact) mass is 504 g/mol. The number of fused-ring (bicyclic) bond motifs is 1. The molecule has 34 heavy (non-hydrogen) atoms. The molecular weight excluding hydrogens is 468 g/mol. The largest absolute Gasteiger partial charge is 0.379 e. The van der Waals surface area contributed by atoms with Gasteiger partial charge in [0.05, 0.1) is 11.0 Å². The summed E-state index contributed by atoms with van der Waals surface area (Å²) in [4.78, 5) is 0.0686. The van der Waals surface area contributed by atoms with E-state index < -0.39 is 27.3 Å². The van der Waals surface area contributed by atoms with Crippen molar-refractivity contribution in [2.75, 3.05) is 0 Å². The molecule has 2 fully saturated rings. The van der Waals surface area contributed by atoms with Gasteiger partial charge >= 0.3 is 0 Å². The number of aryl methyl sites for hydroxylation is 1. The van der Waals surface area contributed by atoms with Crippen molar-refractivity contribution in [1.82, 2.24) is 0 Å². The lowest BCUT2D eigenvalue weighted by atomic mass is 9.74. The van der Waals surface area contributed by atoms with Crippen LogP contribution in [0.4, 0.5) is 0 Å². The summed E-state index contributed by atoms with van der Waals surface area (Å²) < 4.78 is 38.4. The molecule has 0 bridgehead atoms. The second kappa shape index (κ2) is 9.58. The molecule has 0 unspecified atom stereocenters. The Morgan fingerprint density at radius 1 is 1.12 bits per heavy atom. The van der Waals surface area contributed by atoms with E-state index in [1.807, 2.05) is 37.3 Å². The van der Waals surface area contributed by atoms with Gasteiger partial charge in [-0.25, -0.2) is 0 Å². The molecule has 1 aliphatic carbocycles. The summed E-state index contributed by atoms with van der Waals surface area (Å²) in [7, 11) is -4.09. The van der Waals surface area contributed by atoms with E-state index >= 15 is 0 Å². The molecule has 0 amide bonds. The molecule has 0 spiro atoms. The van der Waals surface area contributed by atoms with Crippen LogP contribution in [0, 0.1) is 18.8 Å². The van der Waals surface area contributed by atoms with Crippen molar-refractivity contribution >= 4 is 21.9 Å². The molecule has 0 radical (unpaired) electrons. The Kier molecular flexibility index (Phi) is 7.25. The normalized spacial score (nSPS) is 29.6. The first kappa shape index (κ1) is 25.7. The van der Waals surface area contributed by atoms with Gasteiger partial charge in [0.25, 0.3) is 10.1 Å². The van der Waals surface area contributed by atoms with Crippen LogP contribution in [0.1, 0.15) is 58.1 Å². The number of ether oxygens (including phenoxy) is 1. The van der Waals surface area contributed by atoms with Crippen LogP contribution in [0.25, 0.3) is 0 Å².